The standard InChI is InChI=1S/C16H24N4O3.ClH/c17-8-7-16(21)18-11-15-5-1-2-9-19(15)12-13-4-3-6-14(10-13)20(22)23;/h3-4,6,10,15H,1-2,5,7-9,11-12,17H2,(H,18,21);1H. The molecule has 1 saturated heterocycles. The molecule has 1 unspecified atom stereocenters. The number of nitro benzene ring substituents is 1. The molecule has 3 N–H and O–H groups in total. The first-order valence-electron chi connectivity index (χ1n) is 8.04. The molecule has 1 aromatic carbocycles. The minimum Gasteiger partial charge on any atom is -0.354 e. The predicted octanol–water partition coefficient (Wildman–Crippen LogP) is 1.84. The number of nitrogens with two attached hydrogens (primary N) is 1. The van der Waals surface area contributed by atoms with Crippen molar-refractivity contribution in [2.24, 2.45) is 5.73 Å². The van der Waals surface area contributed by atoms with Gasteiger partial charge in [-0.3, -0.25) is 19.8 Å². The van der Waals surface area contributed by atoms with Crippen molar-refractivity contribution in [3.8, 4) is 0 Å². The highest BCUT2D eigenvalue weighted by atomic mass is 35.5. The molecule has 1 aromatic rings. The Kier molecular flexibility index (Phi) is 8.67. The van der Waals surface area contributed by atoms with Crippen LogP contribution in [0.5, 0.6) is 0 Å². The summed E-state index contributed by atoms with van der Waals surface area (Å²) in [4.78, 5) is 24.4. The van der Waals surface area contributed by atoms with E-state index in [0.717, 1.165) is 31.4 Å². The van der Waals surface area contributed by atoms with E-state index in [1.165, 1.54) is 6.07 Å². The van der Waals surface area contributed by atoms with Crippen LogP contribution in [0.2, 0.25) is 0 Å². The Hall–Kier alpha value is -1.70. The fourth-order valence-corrected chi connectivity index (χ4v) is 2.95. The Balaban J connectivity index is 0.00000288. The summed E-state index contributed by atoms with van der Waals surface area (Å²) < 4.78 is 0. The molecule has 0 saturated carbocycles. The van der Waals surface area contributed by atoms with Crippen molar-refractivity contribution in [1.29, 1.82) is 0 Å². The molecule has 1 aliphatic heterocycles. The Morgan fingerprint density at radius 3 is 2.92 bits per heavy atom. The summed E-state index contributed by atoms with van der Waals surface area (Å²) >= 11 is 0. The summed E-state index contributed by atoms with van der Waals surface area (Å²) in [5.41, 5.74) is 6.43. The van der Waals surface area contributed by atoms with Crippen molar-refractivity contribution in [3.05, 3.63) is 39.9 Å². The molecule has 1 fully saturated rings. The van der Waals surface area contributed by atoms with Crippen LogP contribution >= 0.6 is 12.4 Å². The molecule has 1 atom stereocenters. The van der Waals surface area contributed by atoms with E-state index in [1.54, 1.807) is 12.1 Å². The maximum Gasteiger partial charge on any atom is 0.269 e. The van der Waals surface area contributed by atoms with Crippen LogP contribution in [0.3, 0.4) is 0 Å². The molecule has 1 amide bonds. The van der Waals surface area contributed by atoms with E-state index in [-0.39, 0.29) is 35.0 Å². The molecule has 0 bridgehead atoms. The molecule has 0 aromatic heterocycles. The number of hydrogen-bond donors (Lipinski definition) is 2. The molecule has 24 heavy (non-hydrogen) atoms. The number of nitrogens with one attached hydrogen (secondary N) is 1. The van der Waals surface area contributed by atoms with E-state index >= 15 is 0 Å². The average molecular weight is 357 g/mol. The molecule has 1 heterocycles. The Morgan fingerprint density at radius 1 is 1.42 bits per heavy atom. The van der Waals surface area contributed by atoms with Crippen LogP contribution in [-0.2, 0) is 11.3 Å². The lowest BCUT2D eigenvalue weighted by Crippen LogP contribution is -2.46. The van der Waals surface area contributed by atoms with Crippen LogP contribution in [0.15, 0.2) is 24.3 Å². The normalized spacial score (nSPS) is 17.8. The minimum absolute atomic E-state index is 0. The number of non-ortho nitro benzene ring substituents is 1. The maximum absolute atomic E-state index is 11.6. The van der Waals surface area contributed by atoms with E-state index in [0.29, 0.717) is 26.1 Å². The zero-order valence-corrected chi connectivity index (χ0v) is 14.5. The monoisotopic (exact) mass is 356 g/mol. The van der Waals surface area contributed by atoms with Gasteiger partial charge in [0.05, 0.1) is 4.92 Å². The molecule has 8 heteroatoms. The van der Waals surface area contributed by atoms with E-state index in [2.05, 4.69) is 10.2 Å². The second-order valence-corrected chi connectivity index (χ2v) is 5.89. The number of nitro groups is 1. The Morgan fingerprint density at radius 2 is 2.21 bits per heavy atom. The molecule has 0 spiro atoms. The lowest BCUT2D eigenvalue weighted by molar-refractivity contribution is -0.384. The van der Waals surface area contributed by atoms with Crippen LogP contribution in [0, 0.1) is 10.1 Å². The van der Waals surface area contributed by atoms with Crippen molar-refractivity contribution in [3.63, 3.8) is 0 Å². The Labute approximate surface area is 148 Å². The summed E-state index contributed by atoms with van der Waals surface area (Å²) in [6.07, 6.45) is 3.63. The first-order valence-corrected chi connectivity index (χ1v) is 8.04. The quantitative estimate of drug-likeness (QED) is 0.573. The molecular formula is C16H25ClN4O3. The molecule has 1 aliphatic rings. The highest BCUT2D eigenvalue weighted by Crippen LogP contribution is 2.21. The predicted molar refractivity (Wildman–Crippen MR) is 95.1 cm³/mol. The second kappa shape index (κ2) is 10.2. The number of carbonyl (C=O) groups excluding carboxylic acids is 1. The van der Waals surface area contributed by atoms with Crippen LogP contribution < -0.4 is 11.1 Å². The zero-order chi connectivity index (χ0) is 16.7. The number of nitrogens with zero attached hydrogens (tertiary/aromatic N) is 2. The van der Waals surface area contributed by atoms with Crippen molar-refractivity contribution in [1.82, 2.24) is 10.2 Å². The SMILES string of the molecule is Cl.NCCC(=O)NCC1CCCCN1Cc1cccc([N+](=O)[O-])c1. The van der Waals surface area contributed by atoms with Gasteiger partial charge in [0.2, 0.25) is 5.91 Å². The lowest BCUT2D eigenvalue weighted by atomic mass is 10.0. The van der Waals surface area contributed by atoms with Gasteiger partial charge in [0.15, 0.2) is 0 Å². The van der Waals surface area contributed by atoms with Gasteiger partial charge in [-0.2, -0.15) is 0 Å². The molecule has 0 aliphatic carbocycles. The van der Waals surface area contributed by atoms with Crippen LogP contribution in [0.4, 0.5) is 5.69 Å². The topological polar surface area (TPSA) is 102 Å². The highest BCUT2D eigenvalue weighted by Gasteiger charge is 2.23. The van der Waals surface area contributed by atoms with E-state index in [4.69, 9.17) is 5.73 Å². The minimum atomic E-state index is -0.371. The third kappa shape index (κ3) is 6.07. The third-order valence-electron chi connectivity index (χ3n) is 4.16. The summed E-state index contributed by atoms with van der Waals surface area (Å²) in [7, 11) is 0. The number of piperidine rings is 1. The van der Waals surface area contributed by atoms with Gasteiger partial charge in [-0.25, -0.2) is 0 Å². The fraction of sp³-hybridized carbons (Fsp3) is 0.562. The largest absolute Gasteiger partial charge is 0.354 e. The van der Waals surface area contributed by atoms with Crippen molar-refractivity contribution < 1.29 is 9.72 Å². The number of rotatable bonds is 7. The van der Waals surface area contributed by atoms with Gasteiger partial charge in [0, 0.05) is 44.2 Å². The third-order valence-corrected chi connectivity index (χ3v) is 4.16. The van der Waals surface area contributed by atoms with E-state index in [9.17, 15) is 14.9 Å². The summed E-state index contributed by atoms with van der Waals surface area (Å²) in [5.74, 6) is -0.0200. The van der Waals surface area contributed by atoms with Gasteiger partial charge < -0.3 is 11.1 Å². The zero-order valence-electron chi connectivity index (χ0n) is 13.6. The number of halogens is 1. The van der Waals surface area contributed by atoms with Crippen molar-refractivity contribution >= 4 is 24.0 Å². The highest BCUT2D eigenvalue weighted by molar-refractivity contribution is 5.85. The fourth-order valence-electron chi connectivity index (χ4n) is 2.95. The average Bonchev–Trinajstić information content (AvgIpc) is 2.54. The lowest BCUT2D eigenvalue weighted by Gasteiger charge is -2.35. The first-order chi connectivity index (χ1) is 11.1. The molecule has 2 rings (SSSR count). The van der Waals surface area contributed by atoms with Crippen LogP contribution in [0.25, 0.3) is 0 Å². The molecule has 7 nitrogen and oxygen atoms in total. The number of likely N-dealkylation sites (tertiary alicyclic amines) is 1. The number of amides is 1. The summed E-state index contributed by atoms with van der Waals surface area (Å²) in [5, 5.41) is 13.8. The van der Waals surface area contributed by atoms with Gasteiger partial charge in [-0.15, -0.1) is 12.4 Å². The van der Waals surface area contributed by atoms with Gasteiger partial charge in [-0.05, 0) is 24.9 Å². The smallest absolute Gasteiger partial charge is 0.269 e. The maximum atomic E-state index is 11.6. The van der Waals surface area contributed by atoms with Gasteiger partial charge in [0.1, 0.15) is 0 Å². The van der Waals surface area contributed by atoms with Crippen LogP contribution in [-0.4, -0.2) is 41.4 Å². The molecule has 0 radical (unpaired) electrons. The first kappa shape index (κ1) is 20.3. The van der Waals surface area contributed by atoms with Crippen molar-refractivity contribution in [2.45, 2.75) is 38.3 Å². The van der Waals surface area contributed by atoms with Crippen LogP contribution in [0.1, 0.15) is 31.2 Å². The number of carbonyl (C=O) groups is 1. The Bertz CT molecular complexity index is 556. The number of benzene rings is 1. The van der Waals surface area contributed by atoms with E-state index < -0.39 is 0 Å². The van der Waals surface area contributed by atoms with Gasteiger partial charge in [-0.1, -0.05) is 18.6 Å². The summed E-state index contributed by atoms with van der Waals surface area (Å²) in [6.45, 7) is 2.57. The number of hydrogen-bond acceptors (Lipinski definition) is 5. The second-order valence-electron chi connectivity index (χ2n) is 5.89. The van der Waals surface area contributed by atoms with E-state index in [1.807, 2.05) is 6.07 Å². The summed E-state index contributed by atoms with van der Waals surface area (Å²) in [6, 6.07) is 7.02. The molecule has 134 valence electrons. The van der Waals surface area contributed by atoms with Gasteiger partial charge >= 0.3 is 0 Å². The van der Waals surface area contributed by atoms with Gasteiger partial charge in [0.25, 0.3) is 5.69 Å². The van der Waals surface area contributed by atoms with Crippen molar-refractivity contribution in [2.75, 3.05) is 19.6 Å². The molecular weight excluding hydrogens is 332 g/mol.